The average Bonchev–Trinajstić information content (AvgIpc) is 2.56. The predicted molar refractivity (Wildman–Crippen MR) is 105 cm³/mol. The number of hydrogen-bond donors (Lipinski definition) is 0. The van der Waals surface area contributed by atoms with Gasteiger partial charge in [0.05, 0.1) is 18.5 Å². The van der Waals surface area contributed by atoms with Gasteiger partial charge in [0.15, 0.2) is 0 Å². The van der Waals surface area contributed by atoms with Crippen molar-refractivity contribution in [3.63, 3.8) is 0 Å². The van der Waals surface area contributed by atoms with Crippen molar-refractivity contribution in [2.45, 2.75) is 47.0 Å². The van der Waals surface area contributed by atoms with Gasteiger partial charge in [-0.05, 0) is 37.9 Å². The van der Waals surface area contributed by atoms with Crippen LogP contribution in [0.2, 0.25) is 0 Å². The van der Waals surface area contributed by atoms with Crippen LogP contribution in [-0.2, 0) is 20.1 Å². The van der Waals surface area contributed by atoms with Crippen LogP contribution < -0.4 is 56.2 Å². The molecule has 27 heavy (non-hydrogen) atoms. The normalized spacial score (nSPS) is 9.93. The molecule has 1 heterocycles. The fraction of sp³-hybridized carbons (Fsp3) is 0.476. The van der Waals surface area contributed by atoms with Crippen molar-refractivity contribution in [2.24, 2.45) is 0 Å². The number of hydrogen-bond acceptors (Lipinski definition) is 1. The zero-order valence-electron chi connectivity index (χ0n) is 16.6. The Hall–Kier alpha value is 0.889. The number of aromatic nitrogens is 1. The Morgan fingerprint density at radius 1 is 0.889 bits per heavy atom. The molecule has 0 aliphatic carbocycles. The summed E-state index contributed by atoms with van der Waals surface area (Å²) >= 11 is 0. The molecule has 6 heteroatoms. The van der Waals surface area contributed by atoms with Crippen LogP contribution >= 0.6 is 7.26 Å². The molecular weight excluding hydrogens is 729 g/mol. The van der Waals surface area contributed by atoms with Crippen LogP contribution in [0.25, 0.3) is 11.3 Å². The van der Waals surface area contributed by atoms with E-state index in [4.69, 9.17) is 0 Å². The van der Waals surface area contributed by atoms with Crippen molar-refractivity contribution in [2.75, 3.05) is 18.5 Å². The summed E-state index contributed by atoms with van der Waals surface area (Å²) in [4.78, 5) is 4.55. The van der Waals surface area contributed by atoms with Gasteiger partial charge >= 0.3 is 0 Å². The van der Waals surface area contributed by atoms with Gasteiger partial charge in [-0.2, -0.15) is 0 Å². The number of nitrogens with zero attached hydrogens (tertiary/aromatic N) is 1. The van der Waals surface area contributed by atoms with Gasteiger partial charge in [0.2, 0.25) is 0 Å². The second-order valence-electron chi connectivity index (χ2n) is 6.49. The van der Waals surface area contributed by atoms with E-state index in [9.17, 15) is 0 Å². The number of aryl methyl sites for hydroxylation is 1. The van der Waals surface area contributed by atoms with Crippen molar-refractivity contribution >= 4 is 12.6 Å². The quantitative estimate of drug-likeness (QED) is 0.204. The van der Waals surface area contributed by atoms with E-state index in [0.29, 0.717) is 0 Å². The molecule has 2 aromatic rings. The molecule has 0 amide bonds. The molecule has 0 unspecified atom stereocenters. The summed E-state index contributed by atoms with van der Waals surface area (Å²) in [6.45, 7) is 9.12. The van der Waals surface area contributed by atoms with Crippen LogP contribution in [0.1, 0.15) is 45.6 Å². The van der Waals surface area contributed by atoms with Crippen molar-refractivity contribution in [1.29, 1.82) is 0 Å². The Morgan fingerprint density at radius 3 is 1.93 bits per heavy atom. The van der Waals surface area contributed by atoms with E-state index < -0.39 is 7.26 Å². The molecule has 2 rings (SSSR count). The first-order valence-electron chi connectivity index (χ1n) is 8.96. The van der Waals surface area contributed by atoms with Gasteiger partial charge in [-0.15, -0.1) is 29.8 Å². The summed E-state index contributed by atoms with van der Waals surface area (Å²) in [5.74, 6) is 0. The fourth-order valence-corrected chi connectivity index (χ4v) is 8.40. The molecule has 1 nitrogen and oxygen atoms in total. The minimum Gasteiger partial charge on any atom is -1.00 e. The van der Waals surface area contributed by atoms with Gasteiger partial charge in [0.1, 0.15) is 0 Å². The molecule has 1 aromatic heterocycles. The number of benzene rings is 1. The van der Waals surface area contributed by atoms with E-state index in [1.807, 2.05) is 6.20 Å². The van der Waals surface area contributed by atoms with Gasteiger partial charge in [-0.25, -0.2) is 0 Å². The molecule has 0 saturated carbocycles. The van der Waals surface area contributed by atoms with E-state index in [-0.39, 0.29) is 71.0 Å². The van der Waals surface area contributed by atoms with E-state index in [0.717, 1.165) is 11.3 Å². The van der Waals surface area contributed by atoms with Crippen molar-refractivity contribution < 1.29 is 71.0 Å². The maximum absolute atomic E-state index is 4.55. The standard InChI is InChI=1S/C21H30NP.3BrH.Ir/c1-5-13-23(14-6-2,15-7-3)20-10-8-9-19(17-20)21-16-18(4)11-12-22-21;;;;/h8,10-12,16-17H,5-7,13-15H2,1-4H3;3*1H;/p-3. The van der Waals surface area contributed by atoms with Crippen LogP contribution in [0, 0.1) is 13.0 Å². The zero-order valence-corrected chi connectivity index (χ0v) is 24.6. The Bertz CT molecular complexity index is 623. The van der Waals surface area contributed by atoms with Crippen LogP contribution in [0.15, 0.2) is 36.5 Å². The van der Waals surface area contributed by atoms with Crippen LogP contribution in [0.3, 0.4) is 0 Å². The SMILES string of the molecule is CCC[P+](CCC)(CCC)c1cc[c-]c(-c2cc(C)ccn2)c1.[Br-].[Br-].[Br-].[Ir]. The van der Waals surface area contributed by atoms with Gasteiger partial charge in [-0.3, -0.25) is 0 Å². The number of halogens is 3. The molecule has 157 valence electrons. The van der Waals surface area contributed by atoms with E-state index in [2.05, 4.69) is 69.1 Å². The van der Waals surface area contributed by atoms with Gasteiger partial charge in [-0.1, -0.05) is 32.4 Å². The number of pyridine rings is 1. The molecule has 0 fully saturated rings. The largest absolute Gasteiger partial charge is 1.00 e. The van der Waals surface area contributed by atoms with Gasteiger partial charge in [0.25, 0.3) is 0 Å². The molecule has 0 spiro atoms. The molecule has 0 atom stereocenters. The maximum atomic E-state index is 4.55. The van der Waals surface area contributed by atoms with Gasteiger partial charge in [0, 0.05) is 38.9 Å². The van der Waals surface area contributed by atoms with Crippen molar-refractivity contribution in [3.05, 3.63) is 48.2 Å². The maximum Gasteiger partial charge on any atom is 0.0623 e. The first-order valence-corrected chi connectivity index (χ1v) is 11.3. The Kier molecular flexibility index (Phi) is 20.1. The third-order valence-corrected chi connectivity index (χ3v) is 9.76. The van der Waals surface area contributed by atoms with Gasteiger partial charge < -0.3 is 55.9 Å². The minimum absolute atomic E-state index is 0. The molecule has 0 N–H and O–H groups in total. The van der Waals surface area contributed by atoms with Crippen molar-refractivity contribution in [1.82, 2.24) is 4.98 Å². The van der Waals surface area contributed by atoms with E-state index >= 15 is 0 Å². The molecule has 0 saturated heterocycles. The smallest absolute Gasteiger partial charge is 0.0623 e. The average molecular weight is 759 g/mol. The third-order valence-electron chi connectivity index (χ3n) is 4.48. The van der Waals surface area contributed by atoms with Crippen LogP contribution in [-0.4, -0.2) is 23.5 Å². The Balaban J connectivity index is -0.00000144. The summed E-state index contributed by atoms with van der Waals surface area (Å²) in [7, 11) is -1.06. The zero-order chi connectivity index (χ0) is 16.7. The molecule has 0 aliphatic rings. The Labute approximate surface area is 211 Å². The summed E-state index contributed by atoms with van der Waals surface area (Å²) in [6.07, 6.45) is 9.87. The summed E-state index contributed by atoms with van der Waals surface area (Å²) in [5.41, 5.74) is 3.46. The Morgan fingerprint density at radius 2 is 1.44 bits per heavy atom. The van der Waals surface area contributed by atoms with Crippen LogP contribution in [0.4, 0.5) is 0 Å². The second kappa shape index (κ2) is 16.7. The molecule has 0 aliphatic heterocycles. The predicted octanol–water partition coefficient (Wildman–Crippen LogP) is -3.26. The number of rotatable bonds is 8. The monoisotopic (exact) mass is 757 g/mol. The molecule has 0 bridgehead atoms. The fourth-order valence-electron chi connectivity index (χ4n) is 3.59. The minimum atomic E-state index is -1.06. The van der Waals surface area contributed by atoms with E-state index in [1.54, 1.807) is 5.30 Å². The second-order valence-corrected chi connectivity index (χ2v) is 10.6. The molecule has 1 aromatic carbocycles. The van der Waals surface area contributed by atoms with Crippen LogP contribution in [0.5, 0.6) is 0 Å². The topological polar surface area (TPSA) is 12.9 Å². The summed E-state index contributed by atoms with van der Waals surface area (Å²) in [5, 5.41) is 1.58. The molecule has 1 radical (unpaired) electrons. The first kappa shape index (κ1) is 32.6. The van der Waals surface area contributed by atoms with Crippen molar-refractivity contribution in [3.8, 4) is 11.3 Å². The molecular formula is C21H30Br3IrNP-3. The van der Waals surface area contributed by atoms with E-state index in [1.165, 1.54) is 43.3 Å². The third kappa shape index (κ3) is 9.06. The summed E-state index contributed by atoms with van der Waals surface area (Å²) < 4.78 is 0. The summed E-state index contributed by atoms with van der Waals surface area (Å²) in [6, 6.07) is 14.4. The first-order chi connectivity index (χ1) is 11.1.